The van der Waals surface area contributed by atoms with E-state index in [2.05, 4.69) is 0 Å². The van der Waals surface area contributed by atoms with Crippen molar-refractivity contribution in [3.8, 4) is 0 Å². The maximum atomic E-state index is 13.6. The molecule has 3 rings (SSSR count). The molecule has 1 aromatic carbocycles. The predicted molar refractivity (Wildman–Crippen MR) is 80.9 cm³/mol. The summed E-state index contributed by atoms with van der Waals surface area (Å²) in [7, 11) is -3.79. The van der Waals surface area contributed by atoms with E-state index in [1.165, 1.54) is 27.8 Å². The summed E-state index contributed by atoms with van der Waals surface area (Å²) in [6, 6.07) is 7.65. The molecule has 112 valence electrons. The minimum absolute atomic E-state index is 0.0141. The highest BCUT2D eigenvalue weighted by molar-refractivity contribution is 7.89. The van der Waals surface area contributed by atoms with Gasteiger partial charge in [-0.2, -0.15) is 4.31 Å². The molecule has 0 saturated heterocycles. The Morgan fingerprint density at radius 1 is 1.29 bits per heavy atom. The second kappa shape index (κ2) is 5.40. The van der Waals surface area contributed by atoms with Crippen LogP contribution in [0.1, 0.15) is 17.7 Å². The number of anilines is 1. The van der Waals surface area contributed by atoms with Gasteiger partial charge in [0.25, 0.3) is 0 Å². The molecule has 0 bridgehead atoms. The third-order valence-corrected chi connectivity index (χ3v) is 6.26. The molecule has 1 fully saturated rings. The molecule has 2 N–H and O–H groups in total. The number of halogens is 1. The molecular formula is C14H15FN2O2S2. The molecule has 0 unspecified atom stereocenters. The Morgan fingerprint density at radius 2 is 2.05 bits per heavy atom. The molecule has 0 amide bonds. The van der Waals surface area contributed by atoms with E-state index in [0.29, 0.717) is 6.54 Å². The summed E-state index contributed by atoms with van der Waals surface area (Å²) in [5, 5.41) is 1.91. The fourth-order valence-electron chi connectivity index (χ4n) is 2.20. The molecule has 7 heteroatoms. The number of nitrogens with zero attached hydrogens (tertiary/aromatic N) is 1. The highest BCUT2D eigenvalue weighted by atomic mass is 32.2. The normalized spacial score (nSPS) is 15.5. The van der Waals surface area contributed by atoms with Crippen LogP contribution in [0.3, 0.4) is 0 Å². The van der Waals surface area contributed by atoms with E-state index in [4.69, 9.17) is 5.73 Å². The van der Waals surface area contributed by atoms with Crippen molar-refractivity contribution in [3.63, 3.8) is 0 Å². The summed E-state index contributed by atoms with van der Waals surface area (Å²) in [6.45, 7) is 0.306. The lowest BCUT2D eigenvalue weighted by atomic mass is 10.3. The number of thiophene rings is 1. The number of nitrogens with two attached hydrogens (primary N) is 1. The first kappa shape index (κ1) is 14.5. The molecule has 1 saturated carbocycles. The van der Waals surface area contributed by atoms with E-state index in [-0.39, 0.29) is 16.6 Å². The van der Waals surface area contributed by atoms with Crippen molar-refractivity contribution < 1.29 is 12.8 Å². The van der Waals surface area contributed by atoms with Crippen molar-refractivity contribution in [2.45, 2.75) is 30.3 Å². The van der Waals surface area contributed by atoms with Crippen LogP contribution in [0.25, 0.3) is 0 Å². The lowest BCUT2D eigenvalue weighted by Crippen LogP contribution is -2.33. The summed E-state index contributed by atoms with van der Waals surface area (Å²) >= 11 is 1.50. The third-order valence-electron chi connectivity index (χ3n) is 3.45. The summed E-state index contributed by atoms with van der Waals surface area (Å²) in [6.07, 6.45) is 1.67. The average Bonchev–Trinajstić information content (AvgIpc) is 3.15. The van der Waals surface area contributed by atoms with Gasteiger partial charge in [-0.1, -0.05) is 12.1 Å². The predicted octanol–water partition coefficient (Wildman–Crippen LogP) is 2.82. The summed E-state index contributed by atoms with van der Waals surface area (Å²) in [4.78, 5) is 0.811. The molecule has 21 heavy (non-hydrogen) atoms. The molecule has 0 radical (unpaired) electrons. The van der Waals surface area contributed by atoms with Gasteiger partial charge >= 0.3 is 0 Å². The van der Waals surface area contributed by atoms with Crippen LogP contribution in [0.2, 0.25) is 0 Å². The molecule has 1 aromatic heterocycles. The number of nitrogen functional groups attached to an aromatic ring is 1. The van der Waals surface area contributed by atoms with Gasteiger partial charge in [-0.05, 0) is 36.4 Å². The van der Waals surface area contributed by atoms with Gasteiger partial charge in [0.05, 0.1) is 5.69 Å². The Morgan fingerprint density at radius 3 is 2.67 bits per heavy atom. The van der Waals surface area contributed by atoms with Gasteiger partial charge in [0, 0.05) is 17.5 Å². The van der Waals surface area contributed by atoms with Gasteiger partial charge in [-0.15, -0.1) is 11.3 Å². The first-order chi connectivity index (χ1) is 10.00. The summed E-state index contributed by atoms with van der Waals surface area (Å²) in [5.41, 5.74) is 5.31. The van der Waals surface area contributed by atoms with Gasteiger partial charge in [-0.3, -0.25) is 0 Å². The molecule has 1 heterocycles. The Kier molecular flexibility index (Phi) is 3.73. The van der Waals surface area contributed by atoms with Crippen molar-refractivity contribution in [3.05, 3.63) is 46.4 Å². The lowest BCUT2D eigenvalue weighted by Gasteiger charge is -2.22. The monoisotopic (exact) mass is 326 g/mol. The maximum Gasteiger partial charge on any atom is 0.245 e. The van der Waals surface area contributed by atoms with Crippen LogP contribution >= 0.6 is 11.3 Å². The molecule has 4 nitrogen and oxygen atoms in total. The SMILES string of the molecule is Nc1c(F)cccc1S(=O)(=O)N(Cc1cccs1)C1CC1. The van der Waals surface area contributed by atoms with E-state index in [1.807, 2.05) is 17.5 Å². The van der Waals surface area contributed by atoms with Crippen LogP contribution in [0.5, 0.6) is 0 Å². The first-order valence-corrected chi connectivity index (χ1v) is 8.90. The van der Waals surface area contributed by atoms with Crippen molar-refractivity contribution in [2.24, 2.45) is 0 Å². The van der Waals surface area contributed by atoms with Crippen LogP contribution < -0.4 is 5.73 Å². The zero-order valence-electron chi connectivity index (χ0n) is 11.2. The van der Waals surface area contributed by atoms with Gasteiger partial charge in [0.15, 0.2) is 0 Å². The number of rotatable bonds is 5. The average molecular weight is 326 g/mol. The number of para-hydroxylation sites is 1. The summed E-state index contributed by atoms with van der Waals surface area (Å²) in [5.74, 6) is -0.706. The highest BCUT2D eigenvalue weighted by Gasteiger charge is 2.39. The number of hydrogen-bond acceptors (Lipinski definition) is 4. The number of benzene rings is 1. The quantitative estimate of drug-likeness (QED) is 0.859. The zero-order chi connectivity index (χ0) is 15.0. The van der Waals surface area contributed by atoms with Crippen molar-refractivity contribution in [1.82, 2.24) is 4.31 Å². The second-order valence-corrected chi connectivity index (χ2v) is 7.90. The van der Waals surface area contributed by atoms with Gasteiger partial charge in [-0.25, -0.2) is 12.8 Å². The largest absolute Gasteiger partial charge is 0.395 e. The standard InChI is InChI=1S/C14H15FN2O2S2/c15-12-4-1-5-13(14(12)16)21(18,19)17(10-6-7-10)9-11-3-2-8-20-11/h1-5,8,10H,6-7,9,16H2. The van der Waals surface area contributed by atoms with E-state index in [1.54, 1.807) is 0 Å². The fraction of sp³-hybridized carbons (Fsp3) is 0.286. The number of sulfonamides is 1. The van der Waals surface area contributed by atoms with Crippen LogP contribution in [-0.4, -0.2) is 18.8 Å². The molecular weight excluding hydrogens is 311 g/mol. The second-order valence-electron chi connectivity index (χ2n) is 5.01. The van der Waals surface area contributed by atoms with E-state index >= 15 is 0 Å². The molecule has 1 aliphatic rings. The van der Waals surface area contributed by atoms with Gasteiger partial charge in [0.2, 0.25) is 10.0 Å². The molecule has 0 atom stereocenters. The number of hydrogen-bond donors (Lipinski definition) is 1. The minimum Gasteiger partial charge on any atom is -0.395 e. The van der Waals surface area contributed by atoms with Crippen LogP contribution in [0.15, 0.2) is 40.6 Å². The van der Waals surface area contributed by atoms with E-state index in [9.17, 15) is 12.8 Å². The Hall–Kier alpha value is -1.44. The third kappa shape index (κ3) is 2.81. The smallest absolute Gasteiger partial charge is 0.245 e. The molecule has 2 aromatic rings. The fourth-order valence-corrected chi connectivity index (χ4v) is 4.77. The van der Waals surface area contributed by atoms with E-state index in [0.717, 1.165) is 23.8 Å². The van der Waals surface area contributed by atoms with Crippen LogP contribution in [0, 0.1) is 5.82 Å². The lowest BCUT2D eigenvalue weighted by molar-refractivity contribution is 0.401. The van der Waals surface area contributed by atoms with Crippen molar-refractivity contribution >= 4 is 27.0 Å². The van der Waals surface area contributed by atoms with Crippen LogP contribution in [0.4, 0.5) is 10.1 Å². The minimum atomic E-state index is -3.79. The summed E-state index contributed by atoms with van der Waals surface area (Å²) < 4.78 is 40.6. The molecule has 0 spiro atoms. The topological polar surface area (TPSA) is 63.4 Å². The van der Waals surface area contributed by atoms with Crippen molar-refractivity contribution in [1.29, 1.82) is 0 Å². The Labute approximate surface area is 127 Å². The molecule has 1 aliphatic carbocycles. The maximum absolute atomic E-state index is 13.6. The van der Waals surface area contributed by atoms with Crippen molar-refractivity contribution in [2.75, 3.05) is 5.73 Å². The highest BCUT2D eigenvalue weighted by Crippen LogP contribution is 2.36. The van der Waals surface area contributed by atoms with Gasteiger partial charge in [0.1, 0.15) is 10.7 Å². The Balaban J connectivity index is 1.99. The first-order valence-electron chi connectivity index (χ1n) is 6.58. The van der Waals surface area contributed by atoms with E-state index < -0.39 is 15.8 Å². The van der Waals surface area contributed by atoms with Crippen LogP contribution in [-0.2, 0) is 16.6 Å². The van der Waals surface area contributed by atoms with Gasteiger partial charge < -0.3 is 5.73 Å². The molecule has 0 aliphatic heterocycles. The zero-order valence-corrected chi connectivity index (χ0v) is 12.8. The Bertz CT molecular complexity index is 740.